The molecule has 28 heavy (non-hydrogen) atoms. The molecule has 148 valence electrons. The summed E-state index contributed by atoms with van der Waals surface area (Å²) >= 11 is 1.59. The molecular weight excluding hydrogens is 376 g/mol. The molecule has 1 N–H and O–H groups in total. The molecule has 1 aliphatic heterocycles. The summed E-state index contributed by atoms with van der Waals surface area (Å²) in [6.45, 7) is 5.18. The summed E-state index contributed by atoms with van der Waals surface area (Å²) in [5.74, 6) is 2.02. The number of para-hydroxylation sites is 1. The number of ether oxygens (including phenoxy) is 1. The van der Waals surface area contributed by atoms with E-state index in [1.165, 1.54) is 0 Å². The van der Waals surface area contributed by atoms with Crippen molar-refractivity contribution in [3.8, 4) is 16.5 Å². The number of hydrogen-bond acceptors (Lipinski definition) is 8. The Morgan fingerprint density at radius 2 is 1.82 bits per heavy atom. The van der Waals surface area contributed by atoms with Gasteiger partial charge in [-0.1, -0.05) is 24.3 Å². The number of aliphatic hydroxyl groups is 1. The highest BCUT2D eigenvalue weighted by molar-refractivity contribution is 7.13. The largest absolute Gasteiger partial charge is 0.491 e. The number of rotatable bonds is 8. The Balaban J connectivity index is 1.18. The molecule has 1 aliphatic rings. The standard InChI is InChI=1S/C20H24N4O3S/c25-16(15-26-17-5-2-1-3-6-17)13-23-8-10-24(11-9-23)14-19-21-22-20(27-19)18-7-4-12-28-18/h1-7,12,16,25H,8-11,13-15H2. The third kappa shape index (κ3) is 5.17. The molecule has 0 saturated carbocycles. The van der Waals surface area contributed by atoms with Crippen LogP contribution in [-0.2, 0) is 6.54 Å². The second-order valence-electron chi connectivity index (χ2n) is 6.83. The molecule has 0 aliphatic carbocycles. The number of nitrogens with zero attached hydrogens (tertiary/aromatic N) is 4. The van der Waals surface area contributed by atoms with Crippen molar-refractivity contribution < 1.29 is 14.3 Å². The van der Waals surface area contributed by atoms with E-state index in [0.717, 1.165) is 36.8 Å². The highest BCUT2D eigenvalue weighted by Gasteiger charge is 2.21. The molecule has 0 bridgehead atoms. The van der Waals surface area contributed by atoms with E-state index >= 15 is 0 Å². The maximum absolute atomic E-state index is 10.2. The van der Waals surface area contributed by atoms with Crippen LogP contribution in [0.5, 0.6) is 5.75 Å². The average Bonchev–Trinajstić information content (AvgIpc) is 3.41. The van der Waals surface area contributed by atoms with Gasteiger partial charge in [0.15, 0.2) is 0 Å². The zero-order valence-corrected chi connectivity index (χ0v) is 16.4. The molecule has 4 rings (SSSR count). The van der Waals surface area contributed by atoms with Gasteiger partial charge in [0, 0.05) is 32.7 Å². The van der Waals surface area contributed by atoms with E-state index in [0.29, 0.717) is 31.5 Å². The Hall–Kier alpha value is -2.26. The van der Waals surface area contributed by atoms with Crippen LogP contribution in [-0.4, -0.2) is 70.5 Å². The van der Waals surface area contributed by atoms with Gasteiger partial charge >= 0.3 is 0 Å². The number of hydrogen-bond donors (Lipinski definition) is 1. The monoisotopic (exact) mass is 400 g/mol. The van der Waals surface area contributed by atoms with Crippen molar-refractivity contribution in [2.24, 2.45) is 0 Å². The molecule has 7 nitrogen and oxygen atoms in total. The van der Waals surface area contributed by atoms with E-state index in [1.807, 2.05) is 47.8 Å². The zero-order chi connectivity index (χ0) is 19.2. The van der Waals surface area contributed by atoms with Gasteiger partial charge in [-0.15, -0.1) is 21.5 Å². The molecule has 8 heteroatoms. The number of benzene rings is 1. The number of piperazine rings is 1. The average molecular weight is 401 g/mol. The molecular formula is C20H24N4O3S. The SMILES string of the molecule is OC(COc1ccccc1)CN1CCN(Cc2nnc(-c3cccs3)o2)CC1. The minimum absolute atomic E-state index is 0.303. The lowest BCUT2D eigenvalue weighted by Gasteiger charge is -2.34. The first-order valence-electron chi connectivity index (χ1n) is 9.43. The number of thiophene rings is 1. The molecule has 1 unspecified atom stereocenters. The van der Waals surface area contributed by atoms with E-state index in [1.54, 1.807) is 11.3 Å². The number of aromatic nitrogens is 2. The van der Waals surface area contributed by atoms with Crippen LogP contribution in [0.1, 0.15) is 5.89 Å². The van der Waals surface area contributed by atoms with Gasteiger partial charge in [-0.3, -0.25) is 9.80 Å². The molecule has 3 aromatic rings. The fourth-order valence-corrected chi connectivity index (χ4v) is 3.84. The minimum Gasteiger partial charge on any atom is -0.491 e. The smallest absolute Gasteiger partial charge is 0.257 e. The van der Waals surface area contributed by atoms with Crippen LogP contribution in [0.3, 0.4) is 0 Å². The van der Waals surface area contributed by atoms with Crippen molar-refractivity contribution in [2.75, 3.05) is 39.3 Å². The predicted octanol–water partition coefficient (Wildman–Crippen LogP) is 2.36. The van der Waals surface area contributed by atoms with Gasteiger partial charge < -0.3 is 14.3 Å². The summed E-state index contributed by atoms with van der Waals surface area (Å²) in [6, 6.07) is 13.5. The van der Waals surface area contributed by atoms with E-state index in [9.17, 15) is 5.11 Å². The highest BCUT2D eigenvalue weighted by atomic mass is 32.1. The normalized spacial score (nSPS) is 16.9. The van der Waals surface area contributed by atoms with E-state index in [-0.39, 0.29) is 0 Å². The molecule has 0 spiro atoms. The predicted molar refractivity (Wildman–Crippen MR) is 107 cm³/mol. The Morgan fingerprint density at radius 1 is 1.04 bits per heavy atom. The topological polar surface area (TPSA) is 74.9 Å². The van der Waals surface area contributed by atoms with Gasteiger partial charge in [0.2, 0.25) is 5.89 Å². The molecule has 0 amide bonds. The number of β-amino-alcohol motifs (C(OH)–C–C–N with tert-alkyl or cyclic N) is 1. The van der Waals surface area contributed by atoms with Crippen LogP contribution < -0.4 is 4.74 Å². The minimum atomic E-state index is -0.504. The summed E-state index contributed by atoms with van der Waals surface area (Å²) in [6.07, 6.45) is -0.504. The van der Waals surface area contributed by atoms with Crippen molar-refractivity contribution in [1.29, 1.82) is 0 Å². The fraction of sp³-hybridized carbons (Fsp3) is 0.400. The second-order valence-corrected chi connectivity index (χ2v) is 7.78. The molecule has 2 aromatic heterocycles. The Bertz CT molecular complexity index is 832. The number of aliphatic hydroxyl groups excluding tert-OH is 1. The van der Waals surface area contributed by atoms with Crippen LogP contribution >= 0.6 is 11.3 Å². The van der Waals surface area contributed by atoms with Crippen molar-refractivity contribution >= 4 is 11.3 Å². The van der Waals surface area contributed by atoms with E-state index in [2.05, 4.69) is 20.0 Å². The molecule has 1 saturated heterocycles. The van der Waals surface area contributed by atoms with Crippen LogP contribution in [0.25, 0.3) is 10.8 Å². The summed E-state index contributed by atoms with van der Waals surface area (Å²) in [7, 11) is 0. The van der Waals surface area contributed by atoms with Crippen LogP contribution in [0, 0.1) is 0 Å². The van der Waals surface area contributed by atoms with Crippen molar-refractivity contribution in [1.82, 2.24) is 20.0 Å². The first kappa shape index (κ1) is 19.1. The lowest BCUT2D eigenvalue weighted by atomic mass is 10.2. The van der Waals surface area contributed by atoms with Gasteiger partial charge in [-0.25, -0.2) is 0 Å². The van der Waals surface area contributed by atoms with Gasteiger partial charge in [0.05, 0.1) is 11.4 Å². The molecule has 1 atom stereocenters. The summed E-state index contributed by atoms with van der Waals surface area (Å²) in [5, 5.41) is 20.5. The van der Waals surface area contributed by atoms with E-state index in [4.69, 9.17) is 9.15 Å². The van der Waals surface area contributed by atoms with Crippen LogP contribution in [0.15, 0.2) is 52.3 Å². The highest BCUT2D eigenvalue weighted by Crippen LogP contribution is 2.23. The quantitative estimate of drug-likeness (QED) is 0.622. The second kappa shape index (κ2) is 9.29. The zero-order valence-electron chi connectivity index (χ0n) is 15.6. The third-order valence-electron chi connectivity index (χ3n) is 4.68. The summed E-state index contributed by atoms with van der Waals surface area (Å²) < 4.78 is 11.4. The maximum Gasteiger partial charge on any atom is 0.257 e. The van der Waals surface area contributed by atoms with Crippen molar-refractivity contribution in [3.63, 3.8) is 0 Å². The summed E-state index contributed by atoms with van der Waals surface area (Å²) in [4.78, 5) is 5.56. The molecule has 0 radical (unpaired) electrons. The first-order chi connectivity index (χ1) is 13.8. The maximum atomic E-state index is 10.2. The third-order valence-corrected chi connectivity index (χ3v) is 5.53. The first-order valence-corrected chi connectivity index (χ1v) is 10.3. The summed E-state index contributed by atoms with van der Waals surface area (Å²) in [5.41, 5.74) is 0. The lowest BCUT2D eigenvalue weighted by molar-refractivity contribution is 0.0430. The van der Waals surface area contributed by atoms with E-state index < -0.39 is 6.10 Å². The fourth-order valence-electron chi connectivity index (χ4n) is 3.20. The molecule has 1 aromatic carbocycles. The van der Waals surface area contributed by atoms with Gasteiger partial charge in [-0.2, -0.15) is 0 Å². The van der Waals surface area contributed by atoms with Crippen LogP contribution in [0.2, 0.25) is 0 Å². The Morgan fingerprint density at radius 3 is 2.57 bits per heavy atom. The van der Waals surface area contributed by atoms with Gasteiger partial charge in [0.1, 0.15) is 18.5 Å². The van der Waals surface area contributed by atoms with Crippen molar-refractivity contribution in [3.05, 3.63) is 53.7 Å². The van der Waals surface area contributed by atoms with Crippen molar-refractivity contribution in [2.45, 2.75) is 12.6 Å². The lowest BCUT2D eigenvalue weighted by Crippen LogP contribution is -2.48. The van der Waals surface area contributed by atoms with Crippen LogP contribution in [0.4, 0.5) is 0 Å². The molecule has 1 fully saturated rings. The Labute approximate surface area is 168 Å². The van der Waals surface area contributed by atoms with Gasteiger partial charge in [-0.05, 0) is 23.6 Å². The van der Waals surface area contributed by atoms with Gasteiger partial charge in [0.25, 0.3) is 5.89 Å². The molecule has 3 heterocycles. The Kier molecular flexibility index (Phi) is 6.33.